The molecule has 3 nitrogen and oxygen atoms in total. The van der Waals surface area contributed by atoms with Gasteiger partial charge < -0.3 is 0 Å². The molecule has 3 aromatic carbocycles. The predicted octanol–water partition coefficient (Wildman–Crippen LogP) is 8.56. The number of hydrogen-bond donors (Lipinski definition) is 0. The number of halogens is 7. The minimum absolute atomic E-state index is 0.0143. The standard InChI is InChI=1S/C25H14BrCl3F3NO2/c26-19-9-13(6-8-18(25(30,31)32)15-10-20(27)22(29)21(28)11-15)5-7-14(19)12-33-23(34)16-3-1-2-4-17(16)24(33)35/h1-11,18H,12H2. The highest BCUT2D eigenvalue weighted by Crippen LogP contribution is 2.41. The zero-order valence-electron chi connectivity index (χ0n) is 17.5. The molecule has 1 unspecified atom stereocenters. The number of amides is 2. The summed E-state index contributed by atoms with van der Waals surface area (Å²) >= 11 is 21.1. The second kappa shape index (κ2) is 9.97. The fourth-order valence-corrected chi connectivity index (χ4v) is 4.85. The minimum atomic E-state index is -4.60. The van der Waals surface area contributed by atoms with Crippen LogP contribution in [0.4, 0.5) is 13.2 Å². The van der Waals surface area contributed by atoms with Crippen LogP contribution in [0.3, 0.4) is 0 Å². The number of allylic oxidation sites excluding steroid dienone is 1. The van der Waals surface area contributed by atoms with E-state index in [0.29, 0.717) is 26.7 Å². The van der Waals surface area contributed by atoms with Gasteiger partial charge in [-0.05, 0) is 47.0 Å². The first kappa shape index (κ1) is 25.8. The fourth-order valence-electron chi connectivity index (χ4n) is 3.72. The van der Waals surface area contributed by atoms with Crippen LogP contribution in [0.1, 0.15) is 43.3 Å². The summed E-state index contributed by atoms with van der Waals surface area (Å²) in [7, 11) is 0. The third kappa shape index (κ3) is 5.28. The second-order valence-corrected chi connectivity index (χ2v) is 9.82. The van der Waals surface area contributed by atoms with Crippen molar-refractivity contribution >= 4 is 68.6 Å². The SMILES string of the molecule is O=C1c2ccccc2C(=O)N1Cc1ccc(C=CC(c2cc(Cl)c(Cl)c(Cl)c2)C(F)(F)F)cc1Br. The molecule has 35 heavy (non-hydrogen) atoms. The van der Waals surface area contributed by atoms with Gasteiger partial charge >= 0.3 is 6.18 Å². The Kier molecular flexibility index (Phi) is 7.34. The Balaban J connectivity index is 1.57. The van der Waals surface area contributed by atoms with E-state index in [-0.39, 0.29) is 27.2 Å². The van der Waals surface area contributed by atoms with Gasteiger partial charge in [0, 0.05) is 4.47 Å². The molecule has 10 heteroatoms. The molecule has 0 aromatic heterocycles. The first-order chi connectivity index (χ1) is 16.5. The Morgan fingerprint density at radius 2 is 1.49 bits per heavy atom. The Morgan fingerprint density at radius 3 is 2.00 bits per heavy atom. The van der Waals surface area contributed by atoms with Gasteiger partial charge in [0.05, 0.1) is 38.7 Å². The Hall–Kier alpha value is -2.32. The van der Waals surface area contributed by atoms with Crippen molar-refractivity contribution in [2.75, 3.05) is 0 Å². The van der Waals surface area contributed by atoms with E-state index in [0.717, 1.165) is 23.1 Å². The van der Waals surface area contributed by atoms with Crippen molar-refractivity contribution < 1.29 is 22.8 Å². The Labute approximate surface area is 222 Å². The van der Waals surface area contributed by atoms with Gasteiger partial charge in [0.1, 0.15) is 0 Å². The minimum Gasteiger partial charge on any atom is -0.270 e. The van der Waals surface area contributed by atoms with Crippen LogP contribution in [0.5, 0.6) is 0 Å². The second-order valence-electron chi connectivity index (χ2n) is 7.77. The normalized spacial score (nSPS) is 14.7. The van der Waals surface area contributed by atoms with E-state index in [2.05, 4.69) is 15.9 Å². The van der Waals surface area contributed by atoms with E-state index < -0.39 is 23.9 Å². The van der Waals surface area contributed by atoms with E-state index in [9.17, 15) is 22.8 Å². The number of hydrogen-bond acceptors (Lipinski definition) is 2. The summed E-state index contributed by atoms with van der Waals surface area (Å²) in [5.41, 5.74) is 1.64. The lowest BCUT2D eigenvalue weighted by atomic mass is 9.97. The fraction of sp³-hybridized carbons (Fsp3) is 0.120. The molecule has 1 aliphatic rings. The lowest BCUT2D eigenvalue weighted by molar-refractivity contribution is -0.139. The molecule has 0 fully saturated rings. The summed E-state index contributed by atoms with van der Waals surface area (Å²) in [6.07, 6.45) is -2.27. The van der Waals surface area contributed by atoms with Gasteiger partial charge in [-0.1, -0.05) is 87.2 Å². The van der Waals surface area contributed by atoms with Gasteiger partial charge in [-0.2, -0.15) is 13.2 Å². The molecule has 0 saturated carbocycles. The summed E-state index contributed by atoms with van der Waals surface area (Å²) < 4.78 is 41.9. The molecule has 1 heterocycles. The van der Waals surface area contributed by atoms with Crippen LogP contribution in [-0.4, -0.2) is 22.9 Å². The number of rotatable bonds is 5. The van der Waals surface area contributed by atoms with Crippen molar-refractivity contribution in [3.8, 4) is 0 Å². The maximum absolute atomic E-state index is 13.8. The summed E-state index contributed by atoms with van der Waals surface area (Å²) in [5.74, 6) is -2.75. The average Bonchev–Trinajstić information content (AvgIpc) is 3.03. The van der Waals surface area contributed by atoms with Crippen LogP contribution in [0.2, 0.25) is 15.1 Å². The third-order valence-electron chi connectivity index (χ3n) is 5.48. The van der Waals surface area contributed by atoms with Crippen molar-refractivity contribution in [3.05, 3.63) is 108 Å². The quantitative estimate of drug-likeness (QED) is 0.217. The maximum Gasteiger partial charge on any atom is 0.399 e. The lowest BCUT2D eigenvalue weighted by Gasteiger charge is -2.18. The van der Waals surface area contributed by atoms with Crippen LogP contribution in [-0.2, 0) is 6.54 Å². The van der Waals surface area contributed by atoms with Gasteiger partial charge in [-0.25, -0.2) is 0 Å². The van der Waals surface area contributed by atoms with Gasteiger partial charge in [0.25, 0.3) is 11.8 Å². The van der Waals surface area contributed by atoms with Crippen LogP contribution < -0.4 is 0 Å². The molecule has 3 aromatic rings. The predicted molar refractivity (Wildman–Crippen MR) is 134 cm³/mol. The van der Waals surface area contributed by atoms with Gasteiger partial charge in [-0.15, -0.1) is 0 Å². The summed E-state index contributed by atoms with van der Waals surface area (Å²) in [6, 6.07) is 13.7. The monoisotopic (exact) mass is 601 g/mol. The highest BCUT2D eigenvalue weighted by Gasteiger charge is 2.39. The largest absolute Gasteiger partial charge is 0.399 e. The number of benzene rings is 3. The summed E-state index contributed by atoms with van der Waals surface area (Å²) in [5, 5.41) is -0.159. The number of imide groups is 1. The lowest BCUT2D eigenvalue weighted by Crippen LogP contribution is -2.29. The van der Waals surface area contributed by atoms with Crippen LogP contribution in [0.25, 0.3) is 6.08 Å². The molecule has 1 aliphatic heterocycles. The molecular formula is C25H14BrCl3F3NO2. The van der Waals surface area contributed by atoms with Gasteiger partial charge in [0.15, 0.2) is 0 Å². The van der Waals surface area contributed by atoms with Crippen molar-refractivity contribution in [2.45, 2.75) is 18.6 Å². The number of carbonyl (C=O) groups excluding carboxylic acids is 2. The highest BCUT2D eigenvalue weighted by molar-refractivity contribution is 9.10. The summed E-state index contributed by atoms with van der Waals surface area (Å²) in [6.45, 7) is 0.0177. The van der Waals surface area contributed by atoms with Crippen molar-refractivity contribution in [1.29, 1.82) is 0 Å². The van der Waals surface area contributed by atoms with E-state index in [1.807, 2.05) is 0 Å². The molecule has 180 valence electrons. The molecule has 4 rings (SSSR count). The third-order valence-corrected chi connectivity index (χ3v) is 7.42. The molecular weight excluding hydrogens is 590 g/mol. The number of nitrogens with zero attached hydrogens (tertiary/aromatic N) is 1. The molecule has 0 saturated heterocycles. The zero-order chi connectivity index (χ0) is 25.5. The molecule has 0 radical (unpaired) electrons. The summed E-state index contributed by atoms with van der Waals surface area (Å²) in [4.78, 5) is 26.4. The number of alkyl halides is 3. The van der Waals surface area contributed by atoms with Crippen molar-refractivity contribution in [1.82, 2.24) is 4.90 Å². The smallest absolute Gasteiger partial charge is 0.270 e. The topological polar surface area (TPSA) is 37.4 Å². The zero-order valence-corrected chi connectivity index (χ0v) is 21.4. The number of carbonyl (C=O) groups is 2. The van der Waals surface area contributed by atoms with E-state index in [1.54, 1.807) is 42.5 Å². The first-order valence-electron chi connectivity index (χ1n) is 10.1. The molecule has 0 spiro atoms. The van der Waals surface area contributed by atoms with Crippen molar-refractivity contribution in [2.24, 2.45) is 0 Å². The van der Waals surface area contributed by atoms with E-state index >= 15 is 0 Å². The van der Waals surface area contributed by atoms with Crippen LogP contribution in [0, 0.1) is 0 Å². The average molecular weight is 604 g/mol. The molecule has 0 N–H and O–H groups in total. The Bertz CT molecular complexity index is 1320. The molecule has 1 atom stereocenters. The first-order valence-corrected chi connectivity index (χ1v) is 12.0. The molecule has 2 amide bonds. The van der Waals surface area contributed by atoms with Crippen LogP contribution >= 0.6 is 50.7 Å². The van der Waals surface area contributed by atoms with E-state index in [4.69, 9.17) is 34.8 Å². The molecule has 0 aliphatic carbocycles. The van der Waals surface area contributed by atoms with E-state index in [1.165, 1.54) is 6.08 Å². The highest BCUT2D eigenvalue weighted by atomic mass is 79.9. The number of fused-ring (bicyclic) bond motifs is 1. The van der Waals surface area contributed by atoms with Crippen LogP contribution in [0.15, 0.2) is 65.1 Å². The van der Waals surface area contributed by atoms with Gasteiger partial charge in [-0.3, -0.25) is 14.5 Å². The maximum atomic E-state index is 13.8. The Morgan fingerprint density at radius 1 is 0.914 bits per heavy atom. The molecule has 0 bridgehead atoms. The van der Waals surface area contributed by atoms with Crippen molar-refractivity contribution in [3.63, 3.8) is 0 Å². The van der Waals surface area contributed by atoms with Gasteiger partial charge in [0.2, 0.25) is 0 Å².